The monoisotopic (exact) mass is 402 g/mol. The van der Waals surface area contributed by atoms with Crippen molar-refractivity contribution in [3.8, 4) is 0 Å². The number of hydrogen-bond acceptors (Lipinski definition) is 1. The van der Waals surface area contributed by atoms with E-state index in [1.807, 2.05) is 11.3 Å². The van der Waals surface area contributed by atoms with Crippen LogP contribution >= 0.6 is 43.2 Å². The van der Waals surface area contributed by atoms with Crippen LogP contribution in [0, 0.1) is 0 Å². The van der Waals surface area contributed by atoms with Crippen LogP contribution in [-0.2, 0) is 6.42 Å². The Hall–Kier alpha value is 0.140. The summed E-state index contributed by atoms with van der Waals surface area (Å²) in [5.41, 5.74) is 1.48. The lowest BCUT2D eigenvalue weighted by atomic mass is 10.0. The molecule has 0 aliphatic heterocycles. The minimum atomic E-state index is 1.19. The first-order valence-corrected chi connectivity index (χ1v) is 9.49. The Morgan fingerprint density at radius 2 is 1.74 bits per heavy atom. The van der Waals surface area contributed by atoms with Crippen LogP contribution in [0.3, 0.4) is 0 Å². The van der Waals surface area contributed by atoms with Gasteiger partial charge in [0, 0.05) is 10.1 Å². The lowest BCUT2D eigenvalue weighted by molar-refractivity contribution is 0.607. The third-order valence-electron chi connectivity index (χ3n) is 3.47. The number of benzene rings is 1. The number of unbranched alkanes of at least 4 members (excludes halogenated alkanes) is 5. The number of fused-ring (bicyclic) bond motifs is 1. The van der Waals surface area contributed by atoms with Gasteiger partial charge in [-0.2, -0.15) is 0 Å². The molecule has 19 heavy (non-hydrogen) atoms. The summed E-state index contributed by atoms with van der Waals surface area (Å²) in [7, 11) is 0. The number of thiophene rings is 1. The van der Waals surface area contributed by atoms with E-state index < -0.39 is 0 Å². The Morgan fingerprint density at radius 3 is 2.53 bits per heavy atom. The summed E-state index contributed by atoms with van der Waals surface area (Å²) in [4.78, 5) is 0. The molecule has 0 amide bonds. The van der Waals surface area contributed by atoms with Crippen molar-refractivity contribution in [3.05, 3.63) is 32.0 Å². The molecule has 1 aromatic heterocycles. The SMILES string of the molecule is CCCCCCCCc1ccc2c(Br)c(Br)sc2c1. The summed E-state index contributed by atoms with van der Waals surface area (Å²) in [5, 5.41) is 1.32. The van der Waals surface area contributed by atoms with E-state index in [2.05, 4.69) is 57.0 Å². The van der Waals surface area contributed by atoms with Crippen molar-refractivity contribution in [1.29, 1.82) is 0 Å². The highest BCUT2D eigenvalue weighted by Gasteiger charge is 2.07. The van der Waals surface area contributed by atoms with Gasteiger partial charge in [-0.05, 0) is 56.3 Å². The molecule has 0 saturated carbocycles. The van der Waals surface area contributed by atoms with Crippen LogP contribution in [0.15, 0.2) is 26.5 Å². The number of halogens is 2. The molecule has 0 spiro atoms. The number of rotatable bonds is 7. The highest BCUT2D eigenvalue weighted by Crippen LogP contribution is 2.39. The van der Waals surface area contributed by atoms with Crippen molar-refractivity contribution in [2.75, 3.05) is 0 Å². The van der Waals surface area contributed by atoms with Gasteiger partial charge in [-0.15, -0.1) is 11.3 Å². The van der Waals surface area contributed by atoms with Crippen LogP contribution in [0.5, 0.6) is 0 Å². The summed E-state index contributed by atoms with van der Waals surface area (Å²) < 4.78 is 3.76. The molecule has 1 aromatic carbocycles. The van der Waals surface area contributed by atoms with Crippen LogP contribution in [0.1, 0.15) is 51.0 Å². The van der Waals surface area contributed by atoms with Gasteiger partial charge in [-0.3, -0.25) is 0 Å². The first kappa shape index (κ1) is 15.5. The van der Waals surface area contributed by atoms with Crippen LogP contribution in [0.4, 0.5) is 0 Å². The maximum atomic E-state index is 3.63. The second kappa shape index (κ2) is 7.80. The molecule has 0 unspecified atom stereocenters. The molecule has 0 saturated heterocycles. The van der Waals surface area contributed by atoms with E-state index in [4.69, 9.17) is 0 Å². The summed E-state index contributed by atoms with van der Waals surface area (Å²) in [6.07, 6.45) is 9.43. The Labute approximate surface area is 136 Å². The quantitative estimate of drug-likeness (QED) is 0.424. The van der Waals surface area contributed by atoms with Gasteiger partial charge in [-0.1, -0.05) is 51.2 Å². The van der Waals surface area contributed by atoms with Gasteiger partial charge >= 0.3 is 0 Å². The molecular weight excluding hydrogens is 384 g/mol. The fraction of sp³-hybridized carbons (Fsp3) is 0.500. The Kier molecular flexibility index (Phi) is 6.37. The van der Waals surface area contributed by atoms with Crippen molar-refractivity contribution in [1.82, 2.24) is 0 Å². The molecule has 2 aromatic rings. The minimum Gasteiger partial charge on any atom is -0.127 e. The fourth-order valence-electron chi connectivity index (χ4n) is 2.34. The highest BCUT2D eigenvalue weighted by atomic mass is 79.9. The average Bonchev–Trinajstić information content (AvgIpc) is 2.69. The smallest absolute Gasteiger partial charge is 0.0853 e. The largest absolute Gasteiger partial charge is 0.127 e. The summed E-state index contributed by atoms with van der Waals surface area (Å²) in [6.45, 7) is 2.27. The van der Waals surface area contributed by atoms with Crippen molar-refractivity contribution in [2.24, 2.45) is 0 Å². The number of hydrogen-bond donors (Lipinski definition) is 0. The summed E-state index contributed by atoms with van der Waals surface area (Å²) in [6, 6.07) is 6.87. The van der Waals surface area contributed by atoms with Crippen molar-refractivity contribution in [3.63, 3.8) is 0 Å². The zero-order valence-electron chi connectivity index (χ0n) is 11.3. The molecule has 0 fully saturated rings. The number of aryl methyl sites for hydroxylation is 1. The van der Waals surface area contributed by atoms with Crippen LogP contribution in [0.2, 0.25) is 0 Å². The highest BCUT2D eigenvalue weighted by molar-refractivity contribution is 9.13. The molecule has 0 radical (unpaired) electrons. The molecular formula is C16H20Br2S. The fourth-order valence-corrected chi connectivity index (χ4v) is 4.68. The zero-order chi connectivity index (χ0) is 13.7. The normalized spacial score (nSPS) is 11.3. The second-order valence-electron chi connectivity index (χ2n) is 5.04. The lowest BCUT2D eigenvalue weighted by Crippen LogP contribution is -1.86. The average molecular weight is 404 g/mol. The van der Waals surface area contributed by atoms with E-state index in [1.165, 1.54) is 68.9 Å². The Bertz CT molecular complexity index is 531. The first-order chi connectivity index (χ1) is 9.22. The van der Waals surface area contributed by atoms with Crippen molar-refractivity contribution < 1.29 is 0 Å². The van der Waals surface area contributed by atoms with Crippen molar-refractivity contribution in [2.45, 2.75) is 51.9 Å². The van der Waals surface area contributed by atoms with Gasteiger partial charge in [0.15, 0.2) is 0 Å². The van der Waals surface area contributed by atoms with Crippen molar-refractivity contribution >= 4 is 53.3 Å². The third-order valence-corrected chi connectivity index (χ3v) is 6.91. The minimum absolute atomic E-state index is 1.19. The molecule has 0 aliphatic carbocycles. The zero-order valence-corrected chi connectivity index (χ0v) is 15.3. The van der Waals surface area contributed by atoms with Gasteiger partial charge in [0.25, 0.3) is 0 Å². The molecule has 2 rings (SSSR count). The first-order valence-electron chi connectivity index (χ1n) is 7.08. The van der Waals surface area contributed by atoms with Gasteiger partial charge in [0.2, 0.25) is 0 Å². The predicted molar refractivity (Wildman–Crippen MR) is 94.3 cm³/mol. The summed E-state index contributed by atoms with van der Waals surface area (Å²) >= 11 is 9.03. The predicted octanol–water partition coefficient (Wildman–Crippen LogP) is 7.33. The third kappa shape index (κ3) is 4.30. The molecule has 3 heteroatoms. The second-order valence-corrected chi connectivity index (χ2v) is 8.20. The molecule has 0 aliphatic rings. The van der Waals surface area contributed by atoms with E-state index in [1.54, 1.807) is 0 Å². The molecule has 0 nitrogen and oxygen atoms in total. The van der Waals surface area contributed by atoms with E-state index in [-0.39, 0.29) is 0 Å². The van der Waals surface area contributed by atoms with Gasteiger partial charge in [0.1, 0.15) is 0 Å². The molecule has 104 valence electrons. The molecule has 1 heterocycles. The van der Waals surface area contributed by atoms with Gasteiger partial charge < -0.3 is 0 Å². The summed E-state index contributed by atoms with van der Waals surface area (Å²) in [5.74, 6) is 0. The molecule has 0 N–H and O–H groups in total. The Morgan fingerprint density at radius 1 is 1.00 bits per heavy atom. The van der Waals surface area contributed by atoms with E-state index in [0.717, 1.165) is 0 Å². The Balaban J connectivity index is 1.87. The maximum absolute atomic E-state index is 3.63. The van der Waals surface area contributed by atoms with E-state index in [0.29, 0.717) is 0 Å². The topological polar surface area (TPSA) is 0 Å². The maximum Gasteiger partial charge on any atom is 0.0853 e. The van der Waals surface area contributed by atoms with Gasteiger partial charge in [0.05, 0.1) is 8.26 Å². The van der Waals surface area contributed by atoms with Crippen LogP contribution in [0.25, 0.3) is 10.1 Å². The lowest BCUT2D eigenvalue weighted by Gasteiger charge is -2.02. The van der Waals surface area contributed by atoms with E-state index in [9.17, 15) is 0 Å². The molecule has 0 atom stereocenters. The van der Waals surface area contributed by atoms with Crippen LogP contribution < -0.4 is 0 Å². The van der Waals surface area contributed by atoms with E-state index >= 15 is 0 Å². The molecule has 0 bridgehead atoms. The van der Waals surface area contributed by atoms with Gasteiger partial charge in [-0.25, -0.2) is 0 Å². The standard InChI is InChI=1S/C16H20Br2S/c1-2-3-4-5-6-7-8-12-9-10-13-14(11-12)19-16(18)15(13)17/h9-11H,2-8H2,1H3. The van der Waals surface area contributed by atoms with Crippen LogP contribution in [-0.4, -0.2) is 0 Å².